The molecule has 0 aromatic rings. The third-order valence-electron chi connectivity index (χ3n) is 3.08. The van der Waals surface area contributed by atoms with E-state index in [-0.39, 0.29) is 19.3 Å². The number of rotatable bonds is 3. The summed E-state index contributed by atoms with van der Waals surface area (Å²) in [6.45, 7) is 0. The van der Waals surface area contributed by atoms with Gasteiger partial charge in [0.05, 0.1) is 7.11 Å². The Kier molecular flexibility index (Phi) is 4.48. The van der Waals surface area contributed by atoms with Gasteiger partial charge in [0.25, 0.3) is 5.92 Å². The van der Waals surface area contributed by atoms with Crippen molar-refractivity contribution < 1.29 is 18.3 Å². The number of halogens is 2. The highest BCUT2D eigenvalue weighted by Gasteiger charge is 2.39. The Morgan fingerprint density at radius 3 is 2.80 bits per heavy atom. The van der Waals surface area contributed by atoms with Crippen molar-refractivity contribution in [3.05, 3.63) is 0 Å². The molecule has 1 rings (SSSR count). The first kappa shape index (κ1) is 12.4. The molecule has 88 valence electrons. The number of methoxy groups -OCH3 is 1. The minimum absolute atomic E-state index is 0.0289. The Hall–Kier alpha value is -0.670. The molecule has 0 aromatic carbocycles. The van der Waals surface area contributed by atoms with Crippen molar-refractivity contribution in [2.75, 3.05) is 7.11 Å². The first-order valence-corrected chi connectivity index (χ1v) is 5.51. The topological polar surface area (TPSA) is 26.3 Å². The van der Waals surface area contributed by atoms with E-state index >= 15 is 0 Å². The normalized spacial score (nSPS) is 25.7. The summed E-state index contributed by atoms with van der Waals surface area (Å²) in [7, 11) is 1.29. The van der Waals surface area contributed by atoms with E-state index < -0.39 is 17.8 Å². The van der Waals surface area contributed by atoms with E-state index in [0.717, 1.165) is 12.8 Å². The van der Waals surface area contributed by atoms with Crippen LogP contribution in [0, 0.1) is 5.92 Å². The minimum Gasteiger partial charge on any atom is -0.469 e. The highest BCUT2D eigenvalue weighted by Crippen LogP contribution is 2.39. The number of alkyl halides is 2. The van der Waals surface area contributed by atoms with E-state index in [4.69, 9.17) is 0 Å². The Labute approximate surface area is 89.0 Å². The van der Waals surface area contributed by atoms with E-state index in [9.17, 15) is 13.6 Å². The zero-order valence-electron chi connectivity index (χ0n) is 9.10. The molecule has 0 aliphatic heterocycles. The fourth-order valence-electron chi connectivity index (χ4n) is 2.09. The number of carbonyl (C=O) groups excluding carboxylic acids is 1. The third kappa shape index (κ3) is 3.76. The molecule has 4 heteroatoms. The molecule has 0 radical (unpaired) electrons. The fourth-order valence-corrected chi connectivity index (χ4v) is 2.09. The molecule has 0 N–H and O–H groups in total. The SMILES string of the molecule is COC(=O)CCC1CCCCCC1(F)F. The first-order valence-electron chi connectivity index (χ1n) is 5.51. The second-order valence-electron chi connectivity index (χ2n) is 4.17. The summed E-state index contributed by atoms with van der Waals surface area (Å²) in [6.07, 6.45) is 3.19. The Balaban J connectivity index is 2.45. The molecule has 0 bridgehead atoms. The molecule has 2 nitrogen and oxygen atoms in total. The van der Waals surface area contributed by atoms with Crippen LogP contribution in [0.3, 0.4) is 0 Å². The average Bonchev–Trinajstić information content (AvgIpc) is 2.36. The van der Waals surface area contributed by atoms with Crippen LogP contribution >= 0.6 is 0 Å². The summed E-state index contributed by atoms with van der Waals surface area (Å²) in [6, 6.07) is 0. The highest BCUT2D eigenvalue weighted by molar-refractivity contribution is 5.69. The summed E-state index contributed by atoms with van der Waals surface area (Å²) in [5, 5.41) is 0. The van der Waals surface area contributed by atoms with Gasteiger partial charge in [0, 0.05) is 18.8 Å². The van der Waals surface area contributed by atoms with E-state index in [1.54, 1.807) is 0 Å². The number of carbonyl (C=O) groups is 1. The van der Waals surface area contributed by atoms with E-state index in [1.165, 1.54) is 7.11 Å². The zero-order valence-corrected chi connectivity index (χ0v) is 9.10. The summed E-state index contributed by atoms with van der Waals surface area (Å²) < 4.78 is 31.5. The van der Waals surface area contributed by atoms with E-state index in [0.29, 0.717) is 12.8 Å². The van der Waals surface area contributed by atoms with Gasteiger partial charge in [0.2, 0.25) is 0 Å². The van der Waals surface area contributed by atoms with Gasteiger partial charge in [-0.1, -0.05) is 12.8 Å². The van der Waals surface area contributed by atoms with E-state index in [2.05, 4.69) is 4.74 Å². The third-order valence-corrected chi connectivity index (χ3v) is 3.08. The molecule has 0 aromatic heterocycles. The van der Waals surface area contributed by atoms with Crippen molar-refractivity contribution in [1.82, 2.24) is 0 Å². The monoisotopic (exact) mass is 220 g/mol. The van der Waals surface area contributed by atoms with Crippen LogP contribution in [-0.4, -0.2) is 19.0 Å². The maximum Gasteiger partial charge on any atom is 0.305 e. The molecule has 15 heavy (non-hydrogen) atoms. The van der Waals surface area contributed by atoms with Gasteiger partial charge in [0.15, 0.2) is 0 Å². The minimum atomic E-state index is -2.59. The quantitative estimate of drug-likeness (QED) is 0.539. The van der Waals surface area contributed by atoms with Crippen LogP contribution < -0.4 is 0 Å². The first-order chi connectivity index (χ1) is 7.06. The second-order valence-corrected chi connectivity index (χ2v) is 4.17. The van der Waals surface area contributed by atoms with Gasteiger partial charge in [-0.2, -0.15) is 0 Å². The fraction of sp³-hybridized carbons (Fsp3) is 0.909. The summed E-state index contributed by atoms with van der Waals surface area (Å²) in [5.74, 6) is -3.63. The maximum absolute atomic E-state index is 13.5. The summed E-state index contributed by atoms with van der Waals surface area (Å²) in [4.78, 5) is 10.9. The molecule has 0 spiro atoms. The molecular weight excluding hydrogens is 202 g/mol. The van der Waals surface area contributed by atoms with Crippen LogP contribution in [0.25, 0.3) is 0 Å². The average molecular weight is 220 g/mol. The Morgan fingerprint density at radius 2 is 2.13 bits per heavy atom. The molecule has 0 heterocycles. The molecule has 1 atom stereocenters. The molecular formula is C11H18F2O2. The Morgan fingerprint density at radius 1 is 1.40 bits per heavy atom. The van der Waals surface area contributed by atoms with Crippen molar-refractivity contribution in [2.45, 2.75) is 50.9 Å². The van der Waals surface area contributed by atoms with Crippen molar-refractivity contribution >= 4 is 5.97 Å². The van der Waals surface area contributed by atoms with Crippen LogP contribution in [0.5, 0.6) is 0 Å². The number of hydrogen-bond acceptors (Lipinski definition) is 2. The van der Waals surface area contributed by atoms with Crippen LogP contribution in [-0.2, 0) is 9.53 Å². The molecule has 0 saturated heterocycles. The largest absolute Gasteiger partial charge is 0.469 e. The molecule has 0 amide bonds. The number of ether oxygens (including phenoxy) is 1. The van der Waals surface area contributed by atoms with Crippen molar-refractivity contribution in [2.24, 2.45) is 5.92 Å². The van der Waals surface area contributed by atoms with Crippen molar-refractivity contribution in [3.63, 3.8) is 0 Å². The lowest BCUT2D eigenvalue weighted by atomic mass is 9.91. The van der Waals surface area contributed by atoms with E-state index in [1.807, 2.05) is 0 Å². The lowest BCUT2D eigenvalue weighted by Gasteiger charge is -2.24. The lowest BCUT2D eigenvalue weighted by molar-refractivity contribution is -0.142. The van der Waals surface area contributed by atoms with Crippen LogP contribution in [0.4, 0.5) is 8.78 Å². The lowest BCUT2D eigenvalue weighted by Crippen LogP contribution is -2.27. The Bertz CT molecular complexity index is 217. The van der Waals surface area contributed by atoms with Crippen LogP contribution in [0.15, 0.2) is 0 Å². The molecule has 1 fully saturated rings. The maximum atomic E-state index is 13.5. The summed E-state index contributed by atoms with van der Waals surface area (Å²) >= 11 is 0. The molecule has 1 saturated carbocycles. The van der Waals surface area contributed by atoms with Gasteiger partial charge in [-0.3, -0.25) is 4.79 Å². The highest BCUT2D eigenvalue weighted by atomic mass is 19.3. The van der Waals surface area contributed by atoms with Crippen molar-refractivity contribution in [1.29, 1.82) is 0 Å². The van der Waals surface area contributed by atoms with Crippen LogP contribution in [0.2, 0.25) is 0 Å². The smallest absolute Gasteiger partial charge is 0.305 e. The van der Waals surface area contributed by atoms with Gasteiger partial charge in [-0.05, 0) is 19.3 Å². The van der Waals surface area contributed by atoms with Gasteiger partial charge in [-0.15, -0.1) is 0 Å². The van der Waals surface area contributed by atoms with Gasteiger partial charge < -0.3 is 4.74 Å². The number of hydrogen-bond donors (Lipinski definition) is 0. The van der Waals surface area contributed by atoms with Gasteiger partial charge in [0.1, 0.15) is 0 Å². The van der Waals surface area contributed by atoms with Gasteiger partial charge >= 0.3 is 5.97 Å². The van der Waals surface area contributed by atoms with Crippen molar-refractivity contribution in [3.8, 4) is 0 Å². The number of esters is 1. The molecule has 1 aliphatic carbocycles. The standard InChI is InChI=1S/C11H18F2O2/c1-15-10(14)7-6-9-5-3-2-4-8-11(9,12)13/h9H,2-8H2,1H3. The second kappa shape index (κ2) is 5.42. The van der Waals surface area contributed by atoms with Crippen LogP contribution in [0.1, 0.15) is 44.9 Å². The molecule has 1 unspecified atom stereocenters. The van der Waals surface area contributed by atoms with Gasteiger partial charge in [-0.25, -0.2) is 8.78 Å². The molecule has 1 aliphatic rings. The summed E-state index contributed by atoms with van der Waals surface area (Å²) in [5.41, 5.74) is 0. The predicted molar refractivity (Wildman–Crippen MR) is 52.8 cm³/mol. The zero-order chi connectivity index (χ0) is 11.3. The predicted octanol–water partition coefficient (Wildman–Crippen LogP) is 3.16.